The second-order valence-electron chi connectivity index (χ2n) is 4.02. The molecule has 0 saturated carbocycles. The lowest BCUT2D eigenvalue weighted by molar-refractivity contribution is 0.0951. The molecule has 1 amide bonds. The minimum absolute atomic E-state index is 0.293. The lowest BCUT2D eigenvalue weighted by Crippen LogP contribution is -2.23. The van der Waals surface area contributed by atoms with Gasteiger partial charge in [0.15, 0.2) is 0 Å². The van der Waals surface area contributed by atoms with Gasteiger partial charge in [-0.25, -0.2) is 0 Å². The minimum Gasteiger partial charge on any atom is -0.348 e. The number of halogens is 2. The van der Waals surface area contributed by atoms with E-state index in [-0.39, 0.29) is 5.91 Å². The number of amides is 1. The van der Waals surface area contributed by atoms with E-state index in [1.54, 1.807) is 30.3 Å². The predicted molar refractivity (Wildman–Crippen MR) is 79.5 cm³/mol. The van der Waals surface area contributed by atoms with Crippen molar-refractivity contribution in [1.29, 1.82) is 0 Å². The van der Waals surface area contributed by atoms with Gasteiger partial charge in [-0.15, -0.1) is 0 Å². The van der Waals surface area contributed by atoms with Crippen LogP contribution >= 0.6 is 23.2 Å². The van der Waals surface area contributed by atoms with Crippen LogP contribution in [0.5, 0.6) is 0 Å². The van der Waals surface area contributed by atoms with Crippen molar-refractivity contribution in [2.45, 2.75) is 6.54 Å². The van der Waals surface area contributed by atoms with Crippen molar-refractivity contribution < 1.29 is 4.79 Å². The van der Waals surface area contributed by atoms with Gasteiger partial charge in [-0.1, -0.05) is 59.0 Å². The van der Waals surface area contributed by atoms with Gasteiger partial charge in [-0.05, 0) is 17.7 Å². The zero-order valence-electron chi connectivity index (χ0n) is 9.99. The molecule has 2 radical (unpaired) electrons. The van der Waals surface area contributed by atoms with Crippen molar-refractivity contribution in [2.24, 2.45) is 0 Å². The van der Waals surface area contributed by atoms with Crippen LogP contribution in [0.1, 0.15) is 15.9 Å². The number of hydrogen-bond donors (Lipinski definition) is 1. The van der Waals surface area contributed by atoms with Gasteiger partial charge in [0.05, 0.1) is 15.6 Å². The molecule has 0 aliphatic heterocycles. The van der Waals surface area contributed by atoms with Crippen LogP contribution in [-0.4, -0.2) is 13.8 Å². The molecular weight excluding hydrogens is 280 g/mol. The Morgan fingerprint density at radius 1 is 1.05 bits per heavy atom. The highest BCUT2D eigenvalue weighted by molar-refractivity contribution is 6.39. The van der Waals surface area contributed by atoms with Gasteiger partial charge in [0.1, 0.15) is 7.85 Å². The normalized spacial score (nSPS) is 10.2. The van der Waals surface area contributed by atoms with Crippen molar-refractivity contribution in [2.75, 3.05) is 0 Å². The number of nitrogens with one attached hydrogen (secondary N) is 1. The van der Waals surface area contributed by atoms with Crippen LogP contribution in [0, 0.1) is 0 Å². The standard InChI is InChI=1S/C14H10BCl2NO/c15-10-6-4-9(5-7-10)8-18-14(19)13-11(16)2-1-3-12(13)17/h1-7H,8H2,(H,18,19). The number of rotatable bonds is 3. The molecule has 0 heterocycles. The lowest BCUT2D eigenvalue weighted by atomic mass is 9.95. The first kappa shape index (κ1) is 14.0. The van der Waals surface area contributed by atoms with E-state index in [9.17, 15) is 4.79 Å². The van der Waals surface area contributed by atoms with Crippen molar-refractivity contribution in [3.05, 3.63) is 63.6 Å². The Bertz CT molecular complexity index is 579. The Morgan fingerprint density at radius 2 is 1.63 bits per heavy atom. The zero-order valence-corrected chi connectivity index (χ0v) is 11.5. The molecule has 19 heavy (non-hydrogen) atoms. The molecule has 2 nitrogen and oxygen atoms in total. The summed E-state index contributed by atoms with van der Waals surface area (Å²) in [5, 5.41) is 3.44. The minimum atomic E-state index is -0.299. The summed E-state index contributed by atoms with van der Waals surface area (Å²) < 4.78 is 0. The maximum atomic E-state index is 12.0. The van der Waals surface area contributed by atoms with E-state index in [1.807, 2.05) is 12.1 Å². The Labute approximate surface area is 123 Å². The van der Waals surface area contributed by atoms with E-state index in [2.05, 4.69) is 5.32 Å². The van der Waals surface area contributed by atoms with Crippen molar-refractivity contribution in [3.63, 3.8) is 0 Å². The van der Waals surface area contributed by atoms with E-state index in [1.165, 1.54) is 0 Å². The van der Waals surface area contributed by atoms with E-state index < -0.39 is 0 Å². The first-order valence-corrected chi connectivity index (χ1v) is 6.40. The second-order valence-corrected chi connectivity index (χ2v) is 4.84. The number of benzene rings is 2. The first-order valence-electron chi connectivity index (χ1n) is 5.64. The van der Waals surface area contributed by atoms with E-state index in [4.69, 9.17) is 31.0 Å². The van der Waals surface area contributed by atoms with Gasteiger partial charge in [-0.2, -0.15) is 0 Å². The van der Waals surface area contributed by atoms with Gasteiger partial charge in [0, 0.05) is 6.54 Å². The van der Waals surface area contributed by atoms with Crippen molar-refractivity contribution in [1.82, 2.24) is 5.32 Å². The summed E-state index contributed by atoms with van der Waals surface area (Å²) in [6, 6.07) is 12.2. The van der Waals surface area contributed by atoms with Gasteiger partial charge in [0.25, 0.3) is 5.91 Å². The summed E-state index contributed by atoms with van der Waals surface area (Å²) in [4.78, 5) is 12.0. The van der Waals surface area contributed by atoms with Crippen molar-refractivity contribution >= 4 is 42.4 Å². The predicted octanol–water partition coefficient (Wildman–Crippen LogP) is 2.72. The summed E-state index contributed by atoms with van der Waals surface area (Å²) in [7, 11) is 5.59. The molecule has 0 saturated heterocycles. The molecule has 1 N–H and O–H groups in total. The van der Waals surface area contributed by atoms with Gasteiger partial charge in [-0.3, -0.25) is 4.79 Å². The summed E-state index contributed by atoms with van der Waals surface area (Å²) in [5.74, 6) is -0.299. The molecule has 0 atom stereocenters. The number of carbonyl (C=O) groups excluding carboxylic acids is 1. The fourth-order valence-corrected chi connectivity index (χ4v) is 2.19. The Morgan fingerprint density at radius 3 is 2.21 bits per heavy atom. The van der Waals surface area contributed by atoms with Crippen LogP contribution in [0.15, 0.2) is 42.5 Å². The lowest BCUT2D eigenvalue weighted by Gasteiger charge is -2.08. The Kier molecular flexibility index (Phi) is 4.51. The Balaban J connectivity index is 2.07. The summed E-state index contributed by atoms with van der Waals surface area (Å²) in [5.41, 5.74) is 1.93. The maximum Gasteiger partial charge on any atom is 0.254 e. The third-order valence-electron chi connectivity index (χ3n) is 2.62. The molecule has 0 unspecified atom stereocenters. The summed E-state index contributed by atoms with van der Waals surface area (Å²) in [6.07, 6.45) is 0. The molecular formula is C14H10BCl2NO. The molecule has 0 aromatic heterocycles. The SMILES string of the molecule is [B]c1ccc(CNC(=O)c2c(Cl)cccc2Cl)cc1. The molecule has 2 rings (SSSR count). The average molecular weight is 290 g/mol. The smallest absolute Gasteiger partial charge is 0.254 e. The van der Waals surface area contributed by atoms with Crippen molar-refractivity contribution in [3.8, 4) is 0 Å². The molecule has 94 valence electrons. The van der Waals surface area contributed by atoms with Crippen LogP contribution in [0.4, 0.5) is 0 Å². The quantitative estimate of drug-likeness (QED) is 0.865. The highest BCUT2D eigenvalue weighted by atomic mass is 35.5. The number of hydrogen-bond acceptors (Lipinski definition) is 1. The topological polar surface area (TPSA) is 29.1 Å². The molecule has 0 aliphatic rings. The molecule has 0 spiro atoms. The van der Waals surface area contributed by atoms with Crippen LogP contribution in [0.3, 0.4) is 0 Å². The Hall–Kier alpha value is -1.45. The van der Waals surface area contributed by atoms with E-state index in [0.29, 0.717) is 27.6 Å². The molecule has 0 fully saturated rings. The highest BCUT2D eigenvalue weighted by Gasteiger charge is 2.13. The monoisotopic (exact) mass is 289 g/mol. The average Bonchev–Trinajstić information content (AvgIpc) is 2.38. The third kappa shape index (κ3) is 3.52. The summed E-state index contributed by atoms with van der Waals surface area (Å²) >= 11 is 11.9. The van der Waals surface area contributed by atoms with E-state index in [0.717, 1.165) is 5.56 Å². The van der Waals surface area contributed by atoms with Gasteiger partial charge < -0.3 is 5.32 Å². The van der Waals surface area contributed by atoms with Gasteiger partial charge >= 0.3 is 0 Å². The van der Waals surface area contributed by atoms with Crippen LogP contribution in [-0.2, 0) is 6.54 Å². The molecule has 2 aromatic carbocycles. The fraction of sp³-hybridized carbons (Fsp3) is 0.0714. The highest BCUT2D eigenvalue weighted by Crippen LogP contribution is 2.23. The molecule has 2 aromatic rings. The summed E-state index contributed by atoms with van der Waals surface area (Å²) in [6.45, 7) is 0.390. The van der Waals surface area contributed by atoms with Crippen LogP contribution in [0.2, 0.25) is 10.0 Å². The first-order chi connectivity index (χ1) is 9.08. The van der Waals surface area contributed by atoms with E-state index >= 15 is 0 Å². The largest absolute Gasteiger partial charge is 0.348 e. The zero-order chi connectivity index (χ0) is 13.8. The molecule has 0 aliphatic carbocycles. The molecule has 5 heteroatoms. The second kappa shape index (κ2) is 6.13. The van der Waals surface area contributed by atoms with Gasteiger partial charge in [0.2, 0.25) is 0 Å². The maximum absolute atomic E-state index is 12.0. The third-order valence-corrected chi connectivity index (χ3v) is 3.25. The molecule has 0 bridgehead atoms. The number of carbonyl (C=O) groups is 1. The van der Waals surface area contributed by atoms with Crippen LogP contribution in [0.25, 0.3) is 0 Å². The fourth-order valence-electron chi connectivity index (χ4n) is 1.62. The van der Waals surface area contributed by atoms with Crippen LogP contribution < -0.4 is 10.8 Å².